The van der Waals surface area contributed by atoms with Crippen LogP contribution in [-0.4, -0.2) is 49.1 Å². The van der Waals surface area contributed by atoms with E-state index >= 15 is 0 Å². The standard InChI is InChI=1S/C41H70O4Si2/c1-8-9-10-11-12-13-14-15-16-17-18-19-20-27-32-42-35-38(44-37-43-33-34-46(5,6)7)36-45-47(41(2,3)4,39-28-23-21-24-29-39)40-30-25-22-26-31-40/h21-32,38H,8-20,33-37H2,1-7H3/b32-27-/t38-/m1/s1. The molecule has 2 rings (SSSR count). The minimum absolute atomic E-state index is 0.0941. The number of ether oxygens (including phenoxy) is 3. The molecule has 0 aromatic heterocycles. The topological polar surface area (TPSA) is 36.9 Å². The van der Waals surface area contributed by atoms with Crippen molar-refractivity contribution in [3.63, 3.8) is 0 Å². The zero-order valence-corrected chi connectivity index (χ0v) is 33.4. The lowest BCUT2D eigenvalue weighted by Gasteiger charge is -2.43. The van der Waals surface area contributed by atoms with Crippen LogP contribution in [0.4, 0.5) is 0 Å². The van der Waals surface area contributed by atoms with E-state index in [1.807, 2.05) is 6.26 Å². The van der Waals surface area contributed by atoms with Gasteiger partial charge in [0.1, 0.15) is 19.5 Å². The van der Waals surface area contributed by atoms with Crippen molar-refractivity contribution in [2.75, 3.05) is 26.6 Å². The average molecular weight is 683 g/mol. The first kappa shape index (κ1) is 41.5. The van der Waals surface area contributed by atoms with Crippen LogP contribution in [0.25, 0.3) is 0 Å². The summed E-state index contributed by atoms with van der Waals surface area (Å²) in [4.78, 5) is 0. The minimum atomic E-state index is -2.67. The molecule has 0 saturated heterocycles. The van der Waals surface area contributed by atoms with Crippen molar-refractivity contribution in [3.8, 4) is 0 Å². The number of benzene rings is 2. The van der Waals surface area contributed by atoms with Crippen molar-refractivity contribution < 1.29 is 18.6 Å². The van der Waals surface area contributed by atoms with Gasteiger partial charge >= 0.3 is 0 Å². The molecule has 0 bridgehead atoms. The highest BCUT2D eigenvalue weighted by Gasteiger charge is 2.50. The van der Waals surface area contributed by atoms with Crippen LogP contribution in [0.15, 0.2) is 73.0 Å². The van der Waals surface area contributed by atoms with Crippen LogP contribution >= 0.6 is 0 Å². The van der Waals surface area contributed by atoms with Crippen LogP contribution in [0.5, 0.6) is 0 Å². The van der Waals surface area contributed by atoms with Gasteiger partial charge in [-0.1, -0.05) is 179 Å². The summed E-state index contributed by atoms with van der Waals surface area (Å²) in [5, 5.41) is 2.45. The van der Waals surface area contributed by atoms with Gasteiger partial charge in [-0.25, -0.2) is 0 Å². The average Bonchev–Trinajstić information content (AvgIpc) is 3.04. The van der Waals surface area contributed by atoms with Crippen LogP contribution in [0.2, 0.25) is 30.7 Å². The first-order chi connectivity index (χ1) is 22.6. The van der Waals surface area contributed by atoms with E-state index in [9.17, 15) is 0 Å². The molecule has 0 fully saturated rings. The molecule has 2 aromatic carbocycles. The molecule has 2 aromatic rings. The van der Waals surface area contributed by atoms with Crippen molar-refractivity contribution in [1.82, 2.24) is 0 Å². The molecule has 266 valence electrons. The Morgan fingerprint density at radius 3 is 1.68 bits per heavy atom. The maximum Gasteiger partial charge on any atom is 0.261 e. The molecule has 0 saturated carbocycles. The van der Waals surface area contributed by atoms with Gasteiger partial charge in [0.2, 0.25) is 0 Å². The second-order valence-electron chi connectivity index (χ2n) is 15.5. The SMILES string of the molecule is CCCCCCCCCCCCCC/C=C\OC[C@H](CO[Si](c1ccccc1)(c1ccccc1)C(C)(C)C)OCOCC[Si](C)(C)C. The first-order valence-electron chi connectivity index (χ1n) is 18.8. The van der Waals surface area contributed by atoms with Gasteiger partial charge in [0.05, 0.1) is 12.9 Å². The van der Waals surface area contributed by atoms with Gasteiger partial charge in [-0.05, 0) is 40.4 Å². The number of allylic oxidation sites excluding steroid dienone is 1. The summed E-state index contributed by atoms with van der Waals surface area (Å²) in [6.07, 6.45) is 21.3. The number of hydrogen-bond acceptors (Lipinski definition) is 4. The van der Waals surface area contributed by atoms with Crippen molar-refractivity contribution in [1.29, 1.82) is 0 Å². The van der Waals surface area contributed by atoms with E-state index in [4.69, 9.17) is 18.6 Å². The van der Waals surface area contributed by atoms with Crippen LogP contribution in [0.1, 0.15) is 111 Å². The van der Waals surface area contributed by atoms with E-state index in [0.717, 1.165) is 19.1 Å². The van der Waals surface area contributed by atoms with Crippen molar-refractivity contribution >= 4 is 26.8 Å². The maximum absolute atomic E-state index is 7.18. The fourth-order valence-electron chi connectivity index (χ4n) is 6.11. The number of hydrogen-bond donors (Lipinski definition) is 0. The second kappa shape index (κ2) is 23.6. The summed E-state index contributed by atoms with van der Waals surface area (Å²) < 4.78 is 25.5. The number of unbranched alkanes of at least 4 members (excludes halogenated alkanes) is 12. The Hall–Kier alpha value is -1.71. The first-order valence-corrected chi connectivity index (χ1v) is 24.4. The summed E-state index contributed by atoms with van der Waals surface area (Å²) in [5.41, 5.74) is 0. The Bertz CT molecular complexity index is 1010. The van der Waals surface area contributed by atoms with Crippen LogP contribution in [0, 0.1) is 0 Å². The molecule has 0 amide bonds. The summed E-state index contributed by atoms with van der Waals surface area (Å²) in [7, 11) is -3.83. The van der Waals surface area contributed by atoms with E-state index in [-0.39, 0.29) is 17.9 Å². The third kappa shape index (κ3) is 17.0. The molecule has 0 aliphatic rings. The Morgan fingerprint density at radius 1 is 0.681 bits per heavy atom. The molecular weight excluding hydrogens is 613 g/mol. The quantitative estimate of drug-likeness (QED) is 0.0407. The minimum Gasteiger partial charge on any atom is -0.499 e. The fourth-order valence-corrected chi connectivity index (χ4v) is 11.5. The van der Waals surface area contributed by atoms with Gasteiger partial charge in [-0.3, -0.25) is 0 Å². The lowest BCUT2D eigenvalue weighted by Crippen LogP contribution is -2.67. The molecule has 0 spiro atoms. The third-order valence-corrected chi connectivity index (χ3v) is 15.7. The zero-order chi connectivity index (χ0) is 34.3. The lowest BCUT2D eigenvalue weighted by molar-refractivity contribution is -0.112. The summed E-state index contributed by atoms with van der Waals surface area (Å²) in [6, 6.07) is 22.7. The molecule has 0 radical (unpaired) electrons. The van der Waals surface area contributed by atoms with Crippen molar-refractivity contribution in [2.45, 2.75) is 148 Å². The molecule has 6 heteroatoms. The Balaban J connectivity index is 1.91. The number of rotatable bonds is 27. The molecule has 0 N–H and O–H groups in total. The smallest absolute Gasteiger partial charge is 0.261 e. The zero-order valence-electron chi connectivity index (χ0n) is 31.4. The lowest BCUT2D eigenvalue weighted by atomic mass is 10.0. The molecule has 0 heterocycles. The molecule has 1 atom stereocenters. The van der Waals surface area contributed by atoms with Gasteiger partial charge in [-0.15, -0.1) is 0 Å². The van der Waals surface area contributed by atoms with Gasteiger partial charge in [0.15, 0.2) is 0 Å². The van der Waals surface area contributed by atoms with Crippen LogP contribution in [-0.2, 0) is 18.6 Å². The predicted molar refractivity (Wildman–Crippen MR) is 208 cm³/mol. The molecule has 0 unspecified atom stereocenters. The van der Waals surface area contributed by atoms with Crippen LogP contribution in [0.3, 0.4) is 0 Å². The van der Waals surface area contributed by atoms with Crippen molar-refractivity contribution in [3.05, 3.63) is 73.0 Å². The molecule has 4 nitrogen and oxygen atoms in total. The summed E-state index contributed by atoms with van der Waals surface area (Å²) in [6.45, 7) is 18.2. The van der Waals surface area contributed by atoms with E-state index in [0.29, 0.717) is 13.2 Å². The molecule has 47 heavy (non-hydrogen) atoms. The fraction of sp³-hybridized carbons (Fsp3) is 0.659. The Morgan fingerprint density at radius 2 is 1.19 bits per heavy atom. The maximum atomic E-state index is 7.18. The highest BCUT2D eigenvalue weighted by atomic mass is 28.4. The third-order valence-electron chi connectivity index (χ3n) is 8.98. The van der Waals surface area contributed by atoms with Gasteiger partial charge in [0, 0.05) is 14.7 Å². The molecular formula is C41H70O4Si2. The van der Waals surface area contributed by atoms with E-state index in [1.165, 1.54) is 87.4 Å². The summed E-state index contributed by atoms with van der Waals surface area (Å²) >= 11 is 0. The Kier molecular flexibility index (Phi) is 20.8. The van der Waals surface area contributed by atoms with E-state index in [2.05, 4.69) is 114 Å². The highest BCUT2D eigenvalue weighted by molar-refractivity contribution is 6.99. The normalized spacial score (nSPS) is 13.3. The monoisotopic (exact) mass is 682 g/mol. The van der Waals surface area contributed by atoms with Crippen LogP contribution < -0.4 is 10.4 Å². The van der Waals surface area contributed by atoms with Gasteiger partial charge in [0.25, 0.3) is 8.32 Å². The van der Waals surface area contributed by atoms with Crippen molar-refractivity contribution in [2.24, 2.45) is 0 Å². The molecule has 0 aliphatic carbocycles. The predicted octanol–water partition coefficient (Wildman–Crippen LogP) is 10.9. The van der Waals surface area contributed by atoms with Gasteiger partial charge in [-0.2, -0.15) is 0 Å². The second-order valence-corrected chi connectivity index (χ2v) is 25.4. The van der Waals surface area contributed by atoms with E-state index < -0.39 is 16.4 Å². The Labute approximate surface area is 292 Å². The van der Waals surface area contributed by atoms with Gasteiger partial charge < -0.3 is 18.6 Å². The molecule has 0 aliphatic heterocycles. The largest absolute Gasteiger partial charge is 0.499 e. The summed E-state index contributed by atoms with van der Waals surface area (Å²) in [5.74, 6) is 0. The highest BCUT2D eigenvalue weighted by Crippen LogP contribution is 2.37. The van der Waals surface area contributed by atoms with E-state index in [1.54, 1.807) is 0 Å².